The van der Waals surface area contributed by atoms with E-state index in [1.54, 1.807) is 0 Å². The van der Waals surface area contributed by atoms with Crippen LogP contribution in [0.5, 0.6) is 17.2 Å². The molecule has 0 fully saturated rings. The maximum atomic E-state index is 11.0. The van der Waals surface area contributed by atoms with Crippen molar-refractivity contribution < 1.29 is 31.6 Å². The topological polar surface area (TPSA) is 88.1 Å². The highest BCUT2D eigenvalue weighted by atomic mass is 32.2. The third-order valence-corrected chi connectivity index (χ3v) is 2.23. The number of benzene rings is 1. The van der Waals surface area contributed by atoms with Crippen molar-refractivity contribution in [2.45, 2.75) is 0 Å². The number of hydrogen-bond acceptors (Lipinski definition) is 7. The Kier molecular flexibility index (Phi) is 4.38. The van der Waals surface area contributed by atoms with Gasteiger partial charge in [-0.3, -0.25) is 0 Å². The van der Waals surface area contributed by atoms with Gasteiger partial charge in [-0.2, -0.15) is 8.42 Å². The minimum atomic E-state index is -3.71. The predicted octanol–water partition coefficient (Wildman–Crippen LogP) is 1.18. The van der Waals surface area contributed by atoms with Crippen molar-refractivity contribution in [3.63, 3.8) is 0 Å². The van der Waals surface area contributed by atoms with Crippen LogP contribution in [-0.2, 0) is 14.9 Å². The fourth-order valence-electron chi connectivity index (χ4n) is 1.14. The van der Waals surface area contributed by atoms with E-state index >= 15 is 0 Å². The molecule has 0 aliphatic heterocycles. The Balaban J connectivity index is 3.13. The number of methoxy groups -OCH3 is 2. The van der Waals surface area contributed by atoms with E-state index in [0.29, 0.717) is 0 Å². The Bertz CT molecular complexity index is 535. The Morgan fingerprint density at radius 2 is 1.78 bits per heavy atom. The predicted molar refractivity (Wildman–Crippen MR) is 61.5 cm³/mol. The number of ether oxygens (including phenoxy) is 3. The first-order chi connectivity index (χ1) is 8.37. The molecule has 8 heteroatoms. The number of carbonyl (C=O) groups excluding carboxylic acids is 1. The molecule has 1 aromatic rings. The summed E-state index contributed by atoms with van der Waals surface area (Å²) in [5, 5.41) is 0. The molecule has 1 rings (SSSR count). The third-order valence-electron chi connectivity index (χ3n) is 1.75. The van der Waals surface area contributed by atoms with Crippen molar-refractivity contribution >= 4 is 16.3 Å². The van der Waals surface area contributed by atoms with Gasteiger partial charge in [-0.25, -0.2) is 4.79 Å². The first-order valence-corrected chi connectivity index (χ1v) is 6.51. The Hall–Kier alpha value is -1.96. The van der Waals surface area contributed by atoms with Crippen LogP contribution in [0, 0.1) is 0 Å². The van der Waals surface area contributed by atoms with Gasteiger partial charge in [-0.15, -0.1) is 0 Å². The molecule has 0 radical (unpaired) electrons. The number of hydrogen-bond donors (Lipinski definition) is 0. The monoisotopic (exact) mass is 276 g/mol. The Morgan fingerprint density at radius 1 is 1.17 bits per heavy atom. The lowest BCUT2D eigenvalue weighted by Crippen LogP contribution is -2.10. The Labute approximate surface area is 104 Å². The molecule has 0 saturated carbocycles. The van der Waals surface area contributed by atoms with E-state index in [4.69, 9.17) is 13.7 Å². The summed E-state index contributed by atoms with van der Waals surface area (Å²) in [6.07, 6.45) is -0.0647. The van der Waals surface area contributed by atoms with E-state index in [2.05, 4.69) is 4.74 Å². The second-order valence-electron chi connectivity index (χ2n) is 3.13. The maximum absolute atomic E-state index is 11.0. The molecule has 0 N–H and O–H groups in total. The van der Waals surface area contributed by atoms with Gasteiger partial charge in [0.1, 0.15) is 0 Å². The van der Waals surface area contributed by atoms with Crippen LogP contribution in [-0.4, -0.2) is 35.0 Å². The molecule has 0 bridgehead atoms. The van der Waals surface area contributed by atoms with E-state index < -0.39 is 16.3 Å². The quantitative estimate of drug-likeness (QED) is 0.463. The highest BCUT2D eigenvalue weighted by molar-refractivity contribution is 7.86. The Morgan fingerprint density at radius 3 is 2.28 bits per heavy atom. The van der Waals surface area contributed by atoms with Crippen molar-refractivity contribution in [1.82, 2.24) is 0 Å². The smallest absolute Gasteiger partial charge is 0.490 e. The molecule has 0 atom stereocenters. The lowest BCUT2D eigenvalue weighted by atomic mass is 10.3. The number of rotatable bonds is 4. The first-order valence-electron chi connectivity index (χ1n) is 4.69. The average molecular weight is 276 g/mol. The van der Waals surface area contributed by atoms with E-state index in [0.717, 1.165) is 13.4 Å². The third kappa shape index (κ3) is 3.81. The van der Waals surface area contributed by atoms with E-state index in [1.807, 2.05) is 0 Å². The van der Waals surface area contributed by atoms with Gasteiger partial charge in [0.2, 0.25) is 5.75 Å². The largest absolute Gasteiger partial charge is 0.513 e. The van der Waals surface area contributed by atoms with Crippen molar-refractivity contribution in [3.8, 4) is 17.2 Å². The van der Waals surface area contributed by atoms with Crippen LogP contribution in [0.3, 0.4) is 0 Å². The SMILES string of the molecule is COC(=O)Oc1cccc(OS(C)(=O)=O)c1OC. The minimum absolute atomic E-state index is 0.00880. The highest BCUT2D eigenvalue weighted by Gasteiger charge is 2.17. The molecule has 100 valence electrons. The number of carbonyl (C=O) groups is 1. The van der Waals surface area contributed by atoms with Gasteiger partial charge >= 0.3 is 16.3 Å². The van der Waals surface area contributed by atoms with Crippen LogP contribution in [0.1, 0.15) is 0 Å². The second-order valence-corrected chi connectivity index (χ2v) is 4.71. The molecule has 0 amide bonds. The summed E-state index contributed by atoms with van der Waals surface area (Å²) in [5.74, 6) is -0.111. The van der Waals surface area contributed by atoms with Crippen LogP contribution in [0.25, 0.3) is 0 Å². The standard InChI is InChI=1S/C10H12O7S/c1-14-9-7(16-10(11)15-2)5-4-6-8(9)17-18(3,12)13/h4-6H,1-3H3. The zero-order valence-corrected chi connectivity index (χ0v) is 10.8. The summed E-state index contributed by atoms with van der Waals surface area (Å²) in [6, 6.07) is 4.22. The summed E-state index contributed by atoms with van der Waals surface area (Å²) in [7, 11) is -1.28. The molecular formula is C10H12O7S. The molecule has 0 saturated heterocycles. The van der Waals surface area contributed by atoms with Crippen LogP contribution in [0.4, 0.5) is 4.79 Å². The molecule has 0 spiro atoms. The van der Waals surface area contributed by atoms with Crippen molar-refractivity contribution in [2.24, 2.45) is 0 Å². The molecule has 0 aromatic heterocycles. The fourth-order valence-corrected chi connectivity index (χ4v) is 1.59. The van der Waals surface area contributed by atoms with Gasteiger partial charge in [0.05, 0.1) is 20.5 Å². The lowest BCUT2D eigenvalue weighted by Gasteiger charge is -2.12. The van der Waals surface area contributed by atoms with Gasteiger partial charge < -0.3 is 18.4 Å². The van der Waals surface area contributed by atoms with E-state index in [1.165, 1.54) is 25.3 Å². The fraction of sp³-hybridized carbons (Fsp3) is 0.300. The van der Waals surface area contributed by atoms with Crippen LogP contribution in [0.2, 0.25) is 0 Å². The summed E-state index contributed by atoms with van der Waals surface area (Å²) in [4.78, 5) is 11.0. The molecule has 0 heterocycles. The van der Waals surface area contributed by atoms with Crippen LogP contribution < -0.4 is 13.7 Å². The van der Waals surface area contributed by atoms with E-state index in [9.17, 15) is 13.2 Å². The van der Waals surface area contributed by atoms with Crippen molar-refractivity contribution in [2.75, 3.05) is 20.5 Å². The van der Waals surface area contributed by atoms with Gasteiger partial charge in [-0.1, -0.05) is 6.07 Å². The van der Waals surface area contributed by atoms with Crippen LogP contribution >= 0.6 is 0 Å². The normalized spacial score (nSPS) is 10.6. The van der Waals surface area contributed by atoms with Crippen molar-refractivity contribution in [3.05, 3.63) is 18.2 Å². The van der Waals surface area contributed by atoms with Gasteiger partial charge in [-0.05, 0) is 12.1 Å². The lowest BCUT2D eigenvalue weighted by molar-refractivity contribution is 0.120. The summed E-state index contributed by atoms with van der Waals surface area (Å²) < 4.78 is 40.8. The van der Waals surface area contributed by atoms with Gasteiger partial charge in [0.15, 0.2) is 11.5 Å². The zero-order valence-electron chi connectivity index (χ0n) is 10.00. The molecule has 0 aliphatic carbocycles. The van der Waals surface area contributed by atoms with E-state index in [-0.39, 0.29) is 17.2 Å². The average Bonchev–Trinajstić information content (AvgIpc) is 2.27. The number of para-hydroxylation sites is 1. The first kappa shape index (κ1) is 14.1. The maximum Gasteiger partial charge on any atom is 0.513 e. The molecular weight excluding hydrogens is 264 g/mol. The minimum Gasteiger partial charge on any atom is -0.490 e. The van der Waals surface area contributed by atoms with Gasteiger partial charge in [0, 0.05) is 0 Å². The summed E-state index contributed by atoms with van der Waals surface area (Å²) >= 11 is 0. The van der Waals surface area contributed by atoms with Crippen LogP contribution in [0.15, 0.2) is 18.2 Å². The van der Waals surface area contributed by atoms with Gasteiger partial charge in [0.25, 0.3) is 0 Å². The molecule has 1 aromatic carbocycles. The molecule has 0 unspecified atom stereocenters. The summed E-state index contributed by atoms with van der Waals surface area (Å²) in [6.45, 7) is 0. The van der Waals surface area contributed by atoms with Crippen molar-refractivity contribution in [1.29, 1.82) is 0 Å². The highest BCUT2D eigenvalue weighted by Crippen LogP contribution is 2.37. The zero-order chi connectivity index (χ0) is 13.8. The summed E-state index contributed by atoms with van der Waals surface area (Å²) in [5.41, 5.74) is 0. The molecule has 0 aliphatic rings. The molecule has 7 nitrogen and oxygen atoms in total. The second kappa shape index (κ2) is 5.58. The molecule has 18 heavy (non-hydrogen) atoms.